The van der Waals surface area contributed by atoms with Crippen molar-refractivity contribution in [2.24, 2.45) is 0 Å². The van der Waals surface area contributed by atoms with Crippen LogP contribution in [-0.2, 0) is 5.41 Å². The highest BCUT2D eigenvalue weighted by atomic mass is 14.9. The van der Waals surface area contributed by atoms with Gasteiger partial charge in [-0.15, -0.1) is 0 Å². The van der Waals surface area contributed by atoms with Crippen LogP contribution in [0.2, 0.25) is 0 Å². The van der Waals surface area contributed by atoms with Gasteiger partial charge in [0.2, 0.25) is 0 Å². The van der Waals surface area contributed by atoms with Crippen molar-refractivity contribution >= 4 is 0 Å². The summed E-state index contributed by atoms with van der Waals surface area (Å²) in [6, 6.07) is 36.3. The standard InChI is InChI=1S/C32H26N2/c1-21-14-16-25-26-17-15-24(19-28(26)32(2,3)27(25)18-21)31-33-29(22-10-6-4-7-11-22)20-30(34-31)23-12-8-5-9-13-23/h4-20H,1-3H3. The summed E-state index contributed by atoms with van der Waals surface area (Å²) in [6.45, 7) is 6.80. The van der Waals surface area contributed by atoms with E-state index < -0.39 is 0 Å². The molecule has 6 rings (SSSR count). The van der Waals surface area contributed by atoms with Crippen molar-refractivity contribution in [2.45, 2.75) is 26.2 Å². The molecule has 2 nitrogen and oxygen atoms in total. The maximum Gasteiger partial charge on any atom is 0.160 e. The molecule has 164 valence electrons. The van der Waals surface area contributed by atoms with Crippen molar-refractivity contribution in [1.82, 2.24) is 9.97 Å². The SMILES string of the molecule is Cc1ccc2c(c1)C(C)(C)c1cc(-c3nc(-c4ccccc4)cc(-c4ccccc4)n3)ccc1-2. The molecule has 0 radical (unpaired) electrons. The lowest BCUT2D eigenvalue weighted by Gasteiger charge is -2.22. The molecule has 0 spiro atoms. The van der Waals surface area contributed by atoms with Gasteiger partial charge in [-0.3, -0.25) is 0 Å². The van der Waals surface area contributed by atoms with Crippen molar-refractivity contribution < 1.29 is 0 Å². The van der Waals surface area contributed by atoms with E-state index in [-0.39, 0.29) is 5.41 Å². The lowest BCUT2D eigenvalue weighted by Crippen LogP contribution is -2.15. The molecule has 0 fully saturated rings. The third kappa shape index (κ3) is 3.34. The van der Waals surface area contributed by atoms with Gasteiger partial charge in [0.25, 0.3) is 0 Å². The van der Waals surface area contributed by atoms with E-state index in [0.717, 1.165) is 33.9 Å². The molecule has 1 aliphatic rings. The lowest BCUT2D eigenvalue weighted by atomic mass is 9.81. The zero-order valence-corrected chi connectivity index (χ0v) is 19.7. The van der Waals surface area contributed by atoms with Gasteiger partial charge in [0.15, 0.2) is 5.82 Å². The Bertz CT molecular complexity index is 1460. The van der Waals surface area contributed by atoms with E-state index in [1.807, 2.05) is 12.1 Å². The van der Waals surface area contributed by atoms with Gasteiger partial charge in [0, 0.05) is 22.1 Å². The maximum absolute atomic E-state index is 5.02. The predicted molar refractivity (Wildman–Crippen MR) is 141 cm³/mol. The molecule has 0 unspecified atom stereocenters. The number of hydrogen-bond acceptors (Lipinski definition) is 2. The zero-order valence-electron chi connectivity index (χ0n) is 19.7. The summed E-state index contributed by atoms with van der Waals surface area (Å²) in [5.41, 5.74) is 11.7. The summed E-state index contributed by atoms with van der Waals surface area (Å²) in [7, 11) is 0. The topological polar surface area (TPSA) is 25.8 Å². The van der Waals surface area contributed by atoms with Crippen LogP contribution in [0, 0.1) is 6.92 Å². The number of benzene rings is 4. The first-order valence-electron chi connectivity index (χ1n) is 11.8. The van der Waals surface area contributed by atoms with Crippen LogP contribution < -0.4 is 0 Å². The van der Waals surface area contributed by atoms with Gasteiger partial charge in [-0.25, -0.2) is 9.97 Å². The fourth-order valence-electron chi connectivity index (χ4n) is 5.08. The Hall–Kier alpha value is -4.04. The van der Waals surface area contributed by atoms with E-state index in [4.69, 9.17) is 9.97 Å². The van der Waals surface area contributed by atoms with Crippen LogP contribution in [0.3, 0.4) is 0 Å². The molecule has 0 aliphatic heterocycles. The normalized spacial score (nSPS) is 13.4. The minimum absolute atomic E-state index is 0.0635. The van der Waals surface area contributed by atoms with Gasteiger partial charge in [0.05, 0.1) is 11.4 Å². The first-order valence-corrected chi connectivity index (χ1v) is 11.8. The summed E-state index contributed by atoms with van der Waals surface area (Å²) < 4.78 is 0. The zero-order chi connectivity index (χ0) is 23.3. The summed E-state index contributed by atoms with van der Waals surface area (Å²) in [6.07, 6.45) is 0. The van der Waals surface area contributed by atoms with Gasteiger partial charge >= 0.3 is 0 Å². The first-order chi connectivity index (χ1) is 16.5. The van der Waals surface area contributed by atoms with Crippen LogP contribution in [0.4, 0.5) is 0 Å². The van der Waals surface area contributed by atoms with Crippen molar-refractivity contribution in [2.75, 3.05) is 0 Å². The molecule has 0 saturated heterocycles. The molecular formula is C32H26N2. The third-order valence-electron chi connectivity index (χ3n) is 6.95. The smallest absolute Gasteiger partial charge is 0.160 e. The van der Waals surface area contributed by atoms with Crippen LogP contribution >= 0.6 is 0 Å². The minimum atomic E-state index is -0.0635. The molecule has 0 N–H and O–H groups in total. The molecule has 0 atom stereocenters. The average Bonchev–Trinajstić information content (AvgIpc) is 3.10. The van der Waals surface area contributed by atoms with E-state index in [0.29, 0.717) is 0 Å². The molecule has 0 saturated carbocycles. The Labute approximate surface area is 201 Å². The van der Waals surface area contributed by atoms with Crippen LogP contribution in [0.1, 0.15) is 30.5 Å². The Balaban J connectivity index is 1.53. The van der Waals surface area contributed by atoms with Gasteiger partial charge in [-0.05, 0) is 41.3 Å². The van der Waals surface area contributed by atoms with Crippen LogP contribution in [0.15, 0.2) is 103 Å². The highest BCUT2D eigenvalue weighted by molar-refractivity contribution is 5.83. The summed E-state index contributed by atoms with van der Waals surface area (Å²) in [4.78, 5) is 10.0. The van der Waals surface area contributed by atoms with Gasteiger partial charge < -0.3 is 0 Å². The Kier molecular flexibility index (Phi) is 4.70. The van der Waals surface area contributed by atoms with E-state index in [1.165, 1.54) is 27.8 Å². The average molecular weight is 439 g/mol. The Morgan fingerprint density at radius 3 is 1.65 bits per heavy atom. The summed E-state index contributed by atoms with van der Waals surface area (Å²) in [5, 5.41) is 0. The lowest BCUT2D eigenvalue weighted by molar-refractivity contribution is 0.660. The second-order valence-electron chi connectivity index (χ2n) is 9.63. The molecule has 1 heterocycles. The number of fused-ring (bicyclic) bond motifs is 3. The van der Waals surface area contributed by atoms with Gasteiger partial charge in [-0.2, -0.15) is 0 Å². The fraction of sp³-hybridized carbons (Fsp3) is 0.125. The molecule has 34 heavy (non-hydrogen) atoms. The Morgan fingerprint density at radius 1 is 0.529 bits per heavy atom. The van der Waals surface area contributed by atoms with E-state index in [2.05, 4.69) is 112 Å². The number of aryl methyl sites for hydroxylation is 1. The van der Waals surface area contributed by atoms with E-state index in [1.54, 1.807) is 0 Å². The van der Waals surface area contributed by atoms with Crippen LogP contribution in [0.25, 0.3) is 45.0 Å². The van der Waals surface area contributed by atoms with Crippen molar-refractivity contribution in [3.05, 3.63) is 120 Å². The number of rotatable bonds is 3. The van der Waals surface area contributed by atoms with Crippen molar-refractivity contribution in [3.63, 3.8) is 0 Å². The molecule has 0 bridgehead atoms. The van der Waals surface area contributed by atoms with E-state index in [9.17, 15) is 0 Å². The molecule has 1 aromatic heterocycles. The fourth-order valence-corrected chi connectivity index (χ4v) is 5.08. The number of nitrogens with zero attached hydrogens (tertiary/aromatic N) is 2. The predicted octanol–water partition coefficient (Wildman–Crippen LogP) is 8.09. The van der Waals surface area contributed by atoms with Crippen molar-refractivity contribution in [3.8, 4) is 45.0 Å². The van der Waals surface area contributed by atoms with E-state index >= 15 is 0 Å². The minimum Gasteiger partial charge on any atom is -0.228 e. The highest BCUT2D eigenvalue weighted by Gasteiger charge is 2.35. The number of aromatic nitrogens is 2. The maximum atomic E-state index is 5.02. The third-order valence-corrected chi connectivity index (χ3v) is 6.95. The first kappa shape index (κ1) is 20.6. The molecule has 4 aromatic carbocycles. The summed E-state index contributed by atoms with van der Waals surface area (Å²) in [5.74, 6) is 0.756. The highest BCUT2D eigenvalue weighted by Crippen LogP contribution is 2.49. The second-order valence-corrected chi connectivity index (χ2v) is 9.63. The largest absolute Gasteiger partial charge is 0.228 e. The second kappa shape index (κ2) is 7.78. The molecule has 5 aromatic rings. The molecule has 1 aliphatic carbocycles. The van der Waals surface area contributed by atoms with Gasteiger partial charge in [0.1, 0.15) is 0 Å². The Morgan fingerprint density at radius 2 is 1.06 bits per heavy atom. The van der Waals surface area contributed by atoms with Crippen LogP contribution in [-0.4, -0.2) is 9.97 Å². The monoisotopic (exact) mass is 438 g/mol. The molecular weight excluding hydrogens is 412 g/mol. The van der Waals surface area contributed by atoms with Crippen LogP contribution in [0.5, 0.6) is 0 Å². The quantitative estimate of drug-likeness (QED) is 0.284. The number of hydrogen-bond donors (Lipinski definition) is 0. The molecule has 0 amide bonds. The molecule has 2 heteroatoms. The van der Waals surface area contributed by atoms with Gasteiger partial charge in [-0.1, -0.05) is 110 Å². The summed E-state index contributed by atoms with van der Waals surface area (Å²) >= 11 is 0. The van der Waals surface area contributed by atoms with Crippen molar-refractivity contribution in [1.29, 1.82) is 0 Å².